The van der Waals surface area contributed by atoms with Gasteiger partial charge in [-0.2, -0.15) is 5.10 Å². The van der Waals surface area contributed by atoms with Crippen LogP contribution >= 0.6 is 0 Å². The fourth-order valence-electron chi connectivity index (χ4n) is 4.00. The van der Waals surface area contributed by atoms with Crippen LogP contribution < -0.4 is 0 Å². The monoisotopic (exact) mass is 379 g/mol. The summed E-state index contributed by atoms with van der Waals surface area (Å²) in [6, 6.07) is 15.2. The largest absolute Gasteiger partial charge is 0.396 e. The molecule has 1 aliphatic rings. The standard InChI is InChI=1S/C23H26FN3O/c1-17-4-10-22(11-5-17)27-16-19(15-26-13-2-3-21(26)12-14-28)23(25-27)18-6-8-20(24)9-7-18/h4-11,16,21,28H,2-3,12-15H2,1H3/t21-/m0/s1. The molecule has 0 aliphatic carbocycles. The third-order valence-electron chi connectivity index (χ3n) is 5.54. The molecular weight excluding hydrogens is 353 g/mol. The Morgan fingerprint density at radius 2 is 1.86 bits per heavy atom. The minimum Gasteiger partial charge on any atom is -0.396 e. The van der Waals surface area contributed by atoms with Gasteiger partial charge in [0.2, 0.25) is 0 Å². The fourth-order valence-corrected chi connectivity index (χ4v) is 4.00. The van der Waals surface area contributed by atoms with Crippen LogP contribution in [-0.2, 0) is 6.54 Å². The number of hydrogen-bond acceptors (Lipinski definition) is 3. The van der Waals surface area contributed by atoms with Gasteiger partial charge in [-0.15, -0.1) is 0 Å². The number of halogens is 1. The lowest BCUT2D eigenvalue weighted by Gasteiger charge is -2.23. The molecule has 5 heteroatoms. The number of hydrogen-bond donors (Lipinski definition) is 1. The fraction of sp³-hybridized carbons (Fsp3) is 0.348. The predicted molar refractivity (Wildman–Crippen MR) is 109 cm³/mol. The van der Waals surface area contributed by atoms with E-state index in [0.29, 0.717) is 6.04 Å². The van der Waals surface area contributed by atoms with Crippen molar-refractivity contribution in [2.45, 2.75) is 38.8 Å². The Kier molecular flexibility index (Phi) is 5.55. The molecule has 1 fully saturated rings. The SMILES string of the molecule is Cc1ccc(-n2cc(CN3CCC[C@H]3CCO)c(-c3ccc(F)cc3)n2)cc1. The van der Waals surface area contributed by atoms with Crippen LogP contribution in [0.2, 0.25) is 0 Å². The van der Waals surface area contributed by atoms with Crippen LogP contribution in [0.5, 0.6) is 0 Å². The van der Waals surface area contributed by atoms with Gasteiger partial charge in [0, 0.05) is 36.5 Å². The highest BCUT2D eigenvalue weighted by molar-refractivity contribution is 5.63. The first-order chi connectivity index (χ1) is 13.6. The number of benzene rings is 2. The van der Waals surface area contributed by atoms with E-state index in [9.17, 15) is 9.50 Å². The summed E-state index contributed by atoms with van der Waals surface area (Å²) in [7, 11) is 0. The molecule has 3 aromatic rings. The number of aryl methyl sites for hydroxylation is 1. The highest BCUT2D eigenvalue weighted by atomic mass is 19.1. The van der Waals surface area contributed by atoms with Crippen LogP contribution in [0.1, 0.15) is 30.4 Å². The van der Waals surface area contributed by atoms with Crippen molar-refractivity contribution in [1.82, 2.24) is 14.7 Å². The first-order valence-corrected chi connectivity index (χ1v) is 9.90. The van der Waals surface area contributed by atoms with Crippen LogP contribution in [0.15, 0.2) is 54.7 Å². The van der Waals surface area contributed by atoms with Gasteiger partial charge < -0.3 is 5.11 Å². The molecule has 4 rings (SSSR count). The van der Waals surface area contributed by atoms with Gasteiger partial charge in [0.15, 0.2) is 0 Å². The van der Waals surface area contributed by atoms with E-state index in [4.69, 9.17) is 5.10 Å². The Hall–Kier alpha value is -2.50. The molecule has 1 aromatic heterocycles. The van der Waals surface area contributed by atoms with Crippen LogP contribution in [0.25, 0.3) is 16.9 Å². The smallest absolute Gasteiger partial charge is 0.123 e. The van der Waals surface area contributed by atoms with Gasteiger partial charge in [0.25, 0.3) is 0 Å². The number of aliphatic hydroxyl groups excluding tert-OH is 1. The zero-order valence-corrected chi connectivity index (χ0v) is 16.2. The number of rotatable bonds is 6. The molecule has 1 saturated heterocycles. The first kappa shape index (κ1) is 18.8. The summed E-state index contributed by atoms with van der Waals surface area (Å²) in [5.41, 5.74) is 5.14. The van der Waals surface area contributed by atoms with E-state index >= 15 is 0 Å². The van der Waals surface area contributed by atoms with E-state index in [1.165, 1.54) is 17.7 Å². The van der Waals surface area contributed by atoms with Crippen molar-refractivity contribution in [1.29, 1.82) is 0 Å². The quantitative estimate of drug-likeness (QED) is 0.693. The topological polar surface area (TPSA) is 41.3 Å². The summed E-state index contributed by atoms with van der Waals surface area (Å²) in [6.07, 6.45) is 5.16. The minimum atomic E-state index is -0.245. The highest BCUT2D eigenvalue weighted by Crippen LogP contribution is 2.29. The van der Waals surface area contributed by atoms with Crippen molar-refractivity contribution in [3.8, 4) is 16.9 Å². The molecule has 0 amide bonds. The van der Waals surface area contributed by atoms with Crippen molar-refractivity contribution >= 4 is 0 Å². The number of likely N-dealkylation sites (tertiary alicyclic amines) is 1. The maximum Gasteiger partial charge on any atom is 0.123 e. The summed E-state index contributed by atoms with van der Waals surface area (Å²) in [5, 5.41) is 14.2. The predicted octanol–water partition coefficient (Wildman–Crippen LogP) is 4.33. The summed E-state index contributed by atoms with van der Waals surface area (Å²) in [6.45, 7) is 4.10. The summed E-state index contributed by atoms with van der Waals surface area (Å²) in [4.78, 5) is 2.43. The molecule has 1 atom stereocenters. The molecule has 2 aromatic carbocycles. The van der Waals surface area contributed by atoms with Gasteiger partial charge >= 0.3 is 0 Å². The second kappa shape index (κ2) is 8.25. The van der Waals surface area contributed by atoms with E-state index < -0.39 is 0 Å². The average Bonchev–Trinajstić information content (AvgIpc) is 3.31. The van der Waals surface area contributed by atoms with Crippen molar-refractivity contribution in [3.63, 3.8) is 0 Å². The van der Waals surface area contributed by atoms with E-state index in [2.05, 4.69) is 42.3 Å². The van der Waals surface area contributed by atoms with Gasteiger partial charge in [0.1, 0.15) is 5.82 Å². The Labute approximate surface area is 165 Å². The molecular formula is C23H26FN3O. The normalized spacial score (nSPS) is 17.3. The molecule has 28 heavy (non-hydrogen) atoms. The maximum absolute atomic E-state index is 13.4. The number of nitrogens with zero attached hydrogens (tertiary/aromatic N) is 3. The van der Waals surface area contributed by atoms with E-state index in [1.54, 1.807) is 12.1 Å². The lowest BCUT2D eigenvalue weighted by molar-refractivity contribution is 0.190. The van der Waals surface area contributed by atoms with Crippen molar-refractivity contribution < 1.29 is 9.50 Å². The molecule has 0 saturated carbocycles. The third-order valence-corrected chi connectivity index (χ3v) is 5.54. The van der Waals surface area contributed by atoms with Crippen molar-refractivity contribution in [2.75, 3.05) is 13.2 Å². The van der Waals surface area contributed by atoms with E-state index in [1.807, 2.05) is 4.68 Å². The molecule has 0 unspecified atom stereocenters. The summed E-state index contributed by atoms with van der Waals surface area (Å²) < 4.78 is 15.3. The van der Waals surface area contributed by atoms with Gasteiger partial charge in [-0.25, -0.2) is 9.07 Å². The van der Waals surface area contributed by atoms with Crippen molar-refractivity contribution in [3.05, 3.63) is 71.7 Å². The Morgan fingerprint density at radius 1 is 1.11 bits per heavy atom. The zero-order chi connectivity index (χ0) is 19.5. The lowest BCUT2D eigenvalue weighted by atomic mass is 10.1. The minimum absolute atomic E-state index is 0.217. The third kappa shape index (κ3) is 4.01. The Morgan fingerprint density at radius 3 is 2.57 bits per heavy atom. The first-order valence-electron chi connectivity index (χ1n) is 9.90. The van der Waals surface area contributed by atoms with Crippen molar-refractivity contribution in [2.24, 2.45) is 0 Å². The summed E-state index contributed by atoms with van der Waals surface area (Å²) >= 11 is 0. The molecule has 0 radical (unpaired) electrons. The molecule has 1 aliphatic heterocycles. The second-order valence-corrected chi connectivity index (χ2v) is 7.57. The molecule has 0 bridgehead atoms. The number of aliphatic hydroxyl groups is 1. The maximum atomic E-state index is 13.4. The molecule has 2 heterocycles. The van der Waals surface area contributed by atoms with Gasteiger partial charge in [-0.1, -0.05) is 17.7 Å². The van der Waals surface area contributed by atoms with Gasteiger partial charge in [-0.3, -0.25) is 4.90 Å². The van der Waals surface area contributed by atoms with Crippen LogP contribution in [0.4, 0.5) is 4.39 Å². The highest BCUT2D eigenvalue weighted by Gasteiger charge is 2.25. The molecule has 4 nitrogen and oxygen atoms in total. The average molecular weight is 379 g/mol. The van der Waals surface area contributed by atoms with Crippen LogP contribution in [0.3, 0.4) is 0 Å². The summed E-state index contributed by atoms with van der Waals surface area (Å²) in [5.74, 6) is -0.245. The molecule has 0 spiro atoms. The Balaban J connectivity index is 1.70. The van der Waals surface area contributed by atoms with E-state index in [0.717, 1.165) is 54.9 Å². The zero-order valence-electron chi connectivity index (χ0n) is 16.2. The van der Waals surface area contributed by atoms with Crippen LogP contribution in [0, 0.1) is 12.7 Å². The Bertz CT molecular complexity index is 918. The molecule has 146 valence electrons. The van der Waals surface area contributed by atoms with E-state index in [-0.39, 0.29) is 12.4 Å². The number of aromatic nitrogens is 2. The second-order valence-electron chi connectivity index (χ2n) is 7.57. The van der Waals surface area contributed by atoms with Crippen LogP contribution in [-0.4, -0.2) is 39.0 Å². The molecule has 1 N–H and O–H groups in total. The lowest BCUT2D eigenvalue weighted by Crippen LogP contribution is -2.29. The van der Waals surface area contributed by atoms with Gasteiger partial charge in [-0.05, 0) is 69.1 Å². The van der Waals surface area contributed by atoms with Gasteiger partial charge in [0.05, 0.1) is 11.4 Å².